The number of hydrogen-bond donors (Lipinski definition) is 1. The van der Waals surface area contributed by atoms with Gasteiger partial charge in [-0.15, -0.1) is 0 Å². The zero-order valence-corrected chi connectivity index (χ0v) is 12.1. The van der Waals surface area contributed by atoms with E-state index in [-0.39, 0.29) is 0 Å². The highest BCUT2D eigenvalue weighted by molar-refractivity contribution is 5.28. The van der Waals surface area contributed by atoms with Gasteiger partial charge in [-0.1, -0.05) is 44.7 Å². The van der Waals surface area contributed by atoms with E-state index >= 15 is 0 Å². The summed E-state index contributed by atoms with van der Waals surface area (Å²) in [6, 6.07) is 7.44. The first kappa shape index (κ1) is 16.0. The van der Waals surface area contributed by atoms with Gasteiger partial charge in [0.1, 0.15) is 11.9 Å². The third kappa shape index (κ3) is 6.60. The standard InChI is InChI=1S/C16H26O3/c1-3-4-5-6-7-12-19-13-16(17)14-8-10-15(18-2)11-9-14/h8-11,16-17H,3-7,12-13H2,1-2H3. The van der Waals surface area contributed by atoms with Crippen molar-refractivity contribution in [3.8, 4) is 5.75 Å². The van der Waals surface area contributed by atoms with Crippen LogP contribution in [0.25, 0.3) is 0 Å². The van der Waals surface area contributed by atoms with Crippen molar-refractivity contribution in [2.45, 2.75) is 45.1 Å². The lowest BCUT2D eigenvalue weighted by Crippen LogP contribution is -2.08. The molecule has 0 spiro atoms. The molecule has 3 nitrogen and oxygen atoms in total. The van der Waals surface area contributed by atoms with Crippen LogP contribution in [-0.4, -0.2) is 25.4 Å². The van der Waals surface area contributed by atoms with Crippen molar-refractivity contribution in [3.05, 3.63) is 29.8 Å². The Bertz CT molecular complexity index is 321. The zero-order chi connectivity index (χ0) is 13.9. The maximum atomic E-state index is 9.96. The minimum Gasteiger partial charge on any atom is -0.497 e. The van der Waals surface area contributed by atoms with Crippen molar-refractivity contribution in [2.75, 3.05) is 20.3 Å². The monoisotopic (exact) mass is 266 g/mol. The van der Waals surface area contributed by atoms with Crippen LogP contribution in [0.5, 0.6) is 5.75 Å². The van der Waals surface area contributed by atoms with Gasteiger partial charge in [0.15, 0.2) is 0 Å². The molecular weight excluding hydrogens is 240 g/mol. The number of rotatable bonds is 10. The first-order chi connectivity index (χ1) is 9.27. The van der Waals surface area contributed by atoms with E-state index in [0.717, 1.165) is 24.3 Å². The van der Waals surface area contributed by atoms with Crippen molar-refractivity contribution < 1.29 is 14.6 Å². The van der Waals surface area contributed by atoms with Crippen molar-refractivity contribution in [3.63, 3.8) is 0 Å². The quantitative estimate of drug-likeness (QED) is 0.656. The second-order valence-corrected chi connectivity index (χ2v) is 4.78. The molecule has 0 bridgehead atoms. The molecule has 1 aromatic carbocycles. The van der Waals surface area contributed by atoms with Gasteiger partial charge in [-0.3, -0.25) is 0 Å². The number of unbranched alkanes of at least 4 members (excludes halogenated alkanes) is 4. The summed E-state index contributed by atoms with van der Waals surface area (Å²) < 4.78 is 10.6. The molecule has 0 aromatic heterocycles. The number of methoxy groups -OCH3 is 1. The number of ether oxygens (including phenoxy) is 2. The maximum absolute atomic E-state index is 9.96. The Morgan fingerprint density at radius 3 is 2.37 bits per heavy atom. The van der Waals surface area contributed by atoms with E-state index in [4.69, 9.17) is 9.47 Å². The average Bonchev–Trinajstić information content (AvgIpc) is 2.46. The van der Waals surface area contributed by atoms with E-state index in [2.05, 4.69) is 6.92 Å². The van der Waals surface area contributed by atoms with Crippen LogP contribution in [0.2, 0.25) is 0 Å². The molecule has 1 atom stereocenters. The lowest BCUT2D eigenvalue weighted by Gasteiger charge is -2.12. The summed E-state index contributed by atoms with van der Waals surface area (Å²) in [5, 5.41) is 9.96. The van der Waals surface area contributed by atoms with E-state index in [0.29, 0.717) is 6.61 Å². The van der Waals surface area contributed by atoms with E-state index < -0.39 is 6.10 Å². The van der Waals surface area contributed by atoms with Crippen LogP contribution in [0.4, 0.5) is 0 Å². The molecule has 0 aliphatic heterocycles. The second kappa shape index (κ2) is 9.82. The minimum atomic E-state index is -0.554. The molecule has 0 saturated heterocycles. The Labute approximate surface area is 116 Å². The van der Waals surface area contributed by atoms with Gasteiger partial charge in [0, 0.05) is 6.61 Å². The third-order valence-corrected chi connectivity index (χ3v) is 3.17. The highest BCUT2D eigenvalue weighted by Crippen LogP contribution is 2.17. The summed E-state index contributed by atoms with van der Waals surface area (Å²) in [4.78, 5) is 0. The highest BCUT2D eigenvalue weighted by atomic mass is 16.5. The third-order valence-electron chi connectivity index (χ3n) is 3.17. The molecule has 0 aliphatic carbocycles. The lowest BCUT2D eigenvalue weighted by molar-refractivity contribution is 0.0344. The Morgan fingerprint density at radius 1 is 1.05 bits per heavy atom. The summed E-state index contributed by atoms with van der Waals surface area (Å²) in [6.07, 6.45) is 5.58. The minimum absolute atomic E-state index is 0.361. The predicted octanol–water partition coefficient (Wildman–Crippen LogP) is 3.72. The summed E-state index contributed by atoms with van der Waals surface area (Å²) in [7, 11) is 1.63. The molecule has 19 heavy (non-hydrogen) atoms. The molecule has 1 unspecified atom stereocenters. The van der Waals surface area contributed by atoms with Gasteiger partial charge < -0.3 is 14.6 Å². The van der Waals surface area contributed by atoms with E-state index in [9.17, 15) is 5.11 Å². The summed E-state index contributed by atoms with van der Waals surface area (Å²) in [6.45, 7) is 3.30. The van der Waals surface area contributed by atoms with Gasteiger partial charge in [0.05, 0.1) is 13.7 Å². The van der Waals surface area contributed by atoms with Gasteiger partial charge in [-0.05, 0) is 24.1 Å². The number of hydrogen-bond acceptors (Lipinski definition) is 3. The molecule has 0 aliphatic rings. The number of aliphatic hydroxyl groups is 1. The fourth-order valence-corrected chi connectivity index (χ4v) is 1.92. The van der Waals surface area contributed by atoms with E-state index in [1.165, 1.54) is 25.7 Å². The molecular formula is C16H26O3. The van der Waals surface area contributed by atoms with Crippen molar-refractivity contribution in [2.24, 2.45) is 0 Å². The molecule has 3 heteroatoms. The predicted molar refractivity (Wildman–Crippen MR) is 77.5 cm³/mol. The average molecular weight is 266 g/mol. The zero-order valence-electron chi connectivity index (χ0n) is 12.1. The van der Waals surface area contributed by atoms with E-state index in [1.54, 1.807) is 7.11 Å². The molecule has 1 N–H and O–H groups in total. The van der Waals surface area contributed by atoms with Crippen LogP contribution in [0.1, 0.15) is 50.7 Å². The molecule has 0 amide bonds. The Morgan fingerprint density at radius 2 is 1.74 bits per heavy atom. The molecule has 0 heterocycles. The van der Waals surface area contributed by atoms with Crippen molar-refractivity contribution in [1.29, 1.82) is 0 Å². The van der Waals surface area contributed by atoms with Crippen LogP contribution in [0.3, 0.4) is 0 Å². The van der Waals surface area contributed by atoms with Gasteiger partial charge in [0.2, 0.25) is 0 Å². The van der Waals surface area contributed by atoms with Crippen LogP contribution < -0.4 is 4.74 Å². The fraction of sp³-hybridized carbons (Fsp3) is 0.625. The van der Waals surface area contributed by atoms with Crippen molar-refractivity contribution >= 4 is 0 Å². The molecule has 0 saturated carbocycles. The molecule has 1 rings (SSSR count). The number of aliphatic hydroxyl groups excluding tert-OH is 1. The van der Waals surface area contributed by atoms with E-state index in [1.807, 2.05) is 24.3 Å². The molecule has 1 aromatic rings. The fourth-order valence-electron chi connectivity index (χ4n) is 1.92. The van der Waals surface area contributed by atoms with Crippen LogP contribution in [0, 0.1) is 0 Å². The lowest BCUT2D eigenvalue weighted by atomic mass is 10.1. The first-order valence-corrected chi connectivity index (χ1v) is 7.17. The first-order valence-electron chi connectivity index (χ1n) is 7.17. The van der Waals surface area contributed by atoms with Gasteiger partial charge in [-0.2, -0.15) is 0 Å². The van der Waals surface area contributed by atoms with Gasteiger partial charge in [0.25, 0.3) is 0 Å². The molecule has 0 fully saturated rings. The van der Waals surface area contributed by atoms with Crippen LogP contribution >= 0.6 is 0 Å². The SMILES string of the molecule is CCCCCCCOCC(O)c1ccc(OC)cc1. The molecule has 0 radical (unpaired) electrons. The topological polar surface area (TPSA) is 38.7 Å². The van der Waals surface area contributed by atoms with Gasteiger partial charge in [-0.25, -0.2) is 0 Å². The van der Waals surface area contributed by atoms with Crippen LogP contribution in [0.15, 0.2) is 24.3 Å². The Balaban J connectivity index is 2.14. The highest BCUT2D eigenvalue weighted by Gasteiger charge is 2.07. The van der Waals surface area contributed by atoms with Gasteiger partial charge >= 0.3 is 0 Å². The smallest absolute Gasteiger partial charge is 0.118 e. The second-order valence-electron chi connectivity index (χ2n) is 4.78. The van der Waals surface area contributed by atoms with Crippen LogP contribution in [-0.2, 0) is 4.74 Å². The Hall–Kier alpha value is -1.06. The Kier molecular flexibility index (Phi) is 8.26. The number of benzene rings is 1. The maximum Gasteiger partial charge on any atom is 0.118 e. The normalized spacial score (nSPS) is 12.4. The summed E-state index contributed by atoms with van der Waals surface area (Å²) in [5.74, 6) is 0.799. The summed E-state index contributed by atoms with van der Waals surface area (Å²) in [5.41, 5.74) is 0.867. The molecule has 108 valence electrons. The summed E-state index contributed by atoms with van der Waals surface area (Å²) >= 11 is 0. The van der Waals surface area contributed by atoms with Crippen molar-refractivity contribution in [1.82, 2.24) is 0 Å². The largest absolute Gasteiger partial charge is 0.497 e.